The minimum absolute atomic E-state index is 0.0247. The largest absolute Gasteiger partial charge is 0.481 e. The second kappa shape index (κ2) is 8.21. The Balaban J connectivity index is 1.63. The third-order valence-electron chi connectivity index (χ3n) is 13.7. The van der Waals surface area contributed by atoms with Crippen molar-refractivity contribution >= 4 is 11.9 Å². The van der Waals surface area contributed by atoms with Crippen molar-refractivity contribution in [1.29, 1.82) is 0 Å². The van der Waals surface area contributed by atoms with E-state index in [0.29, 0.717) is 24.2 Å². The first kappa shape index (κ1) is 27.5. The van der Waals surface area contributed by atoms with Crippen molar-refractivity contribution in [3.8, 4) is 0 Å². The van der Waals surface area contributed by atoms with E-state index in [0.717, 1.165) is 57.8 Å². The number of ether oxygens (including phenoxy) is 1. The number of esters is 1. The Morgan fingerprint density at radius 3 is 2.11 bits per heavy atom. The number of fused-ring (bicyclic) bond motifs is 7. The number of aliphatic hydroxyl groups is 1. The van der Waals surface area contributed by atoms with Gasteiger partial charge in [0.15, 0.2) is 0 Å². The zero-order valence-electron chi connectivity index (χ0n) is 24.7. The van der Waals surface area contributed by atoms with Gasteiger partial charge in [-0.1, -0.05) is 41.0 Å². The number of carboxylic acid groups (broad SMARTS) is 1. The van der Waals surface area contributed by atoms with Gasteiger partial charge >= 0.3 is 11.9 Å². The predicted molar refractivity (Wildman–Crippen MR) is 144 cm³/mol. The summed E-state index contributed by atoms with van der Waals surface area (Å²) in [5.74, 6) is 0.292. The van der Waals surface area contributed by atoms with Gasteiger partial charge in [0.2, 0.25) is 0 Å². The van der Waals surface area contributed by atoms with E-state index in [1.54, 1.807) is 0 Å². The smallest absolute Gasteiger partial charge is 0.310 e. The Hall–Kier alpha value is -1.10. The summed E-state index contributed by atoms with van der Waals surface area (Å²) in [5, 5.41) is 22.1. The van der Waals surface area contributed by atoms with Crippen LogP contribution in [0.3, 0.4) is 0 Å². The summed E-state index contributed by atoms with van der Waals surface area (Å²) >= 11 is 0. The van der Waals surface area contributed by atoms with Crippen LogP contribution in [-0.2, 0) is 14.3 Å². The van der Waals surface area contributed by atoms with E-state index in [4.69, 9.17) is 4.74 Å². The van der Waals surface area contributed by atoms with Gasteiger partial charge in [-0.25, -0.2) is 0 Å². The first-order chi connectivity index (χ1) is 16.9. The molecule has 0 spiro atoms. The summed E-state index contributed by atoms with van der Waals surface area (Å²) in [7, 11) is 0. The number of carbonyl (C=O) groups is 2. The van der Waals surface area contributed by atoms with Crippen LogP contribution < -0.4 is 0 Å². The van der Waals surface area contributed by atoms with Gasteiger partial charge in [-0.05, 0) is 117 Å². The van der Waals surface area contributed by atoms with Crippen LogP contribution >= 0.6 is 0 Å². The Bertz CT molecular complexity index is 965. The number of aliphatic carboxylic acids is 1. The number of hydrogen-bond acceptors (Lipinski definition) is 4. The summed E-state index contributed by atoms with van der Waals surface area (Å²) in [6.07, 6.45) is 9.37. The van der Waals surface area contributed by atoms with E-state index in [2.05, 4.69) is 34.6 Å². The van der Waals surface area contributed by atoms with Gasteiger partial charge in [0, 0.05) is 12.8 Å². The molecule has 5 rings (SSSR count). The molecule has 5 aliphatic rings. The third-order valence-corrected chi connectivity index (χ3v) is 13.7. The zero-order valence-corrected chi connectivity index (χ0v) is 24.7. The van der Waals surface area contributed by atoms with Crippen LogP contribution in [0.25, 0.3) is 0 Å². The van der Waals surface area contributed by atoms with Gasteiger partial charge in [0.05, 0.1) is 11.0 Å². The van der Waals surface area contributed by atoms with E-state index in [1.165, 1.54) is 6.92 Å². The highest BCUT2D eigenvalue weighted by molar-refractivity contribution is 5.77. The Labute approximate surface area is 224 Å². The fourth-order valence-corrected chi connectivity index (χ4v) is 12.4. The highest BCUT2D eigenvalue weighted by Gasteiger charge is 2.75. The van der Waals surface area contributed by atoms with Gasteiger partial charge < -0.3 is 14.9 Å². The summed E-state index contributed by atoms with van der Waals surface area (Å²) < 4.78 is 6.15. The van der Waals surface area contributed by atoms with Crippen molar-refractivity contribution in [2.24, 2.45) is 56.7 Å². The van der Waals surface area contributed by atoms with Gasteiger partial charge in [0.1, 0.15) is 6.10 Å². The molecular formula is C32H52O5. The minimum atomic E-state index is -0.855. The molecule has 0 saturated heterocycles. The van der Waals surface area contributed by atoms with E-state index in [-0.39, 0.29) is 45.6 Å². The van der Waals surface area contributed by atoms with Crippen molar-refractivity contribution in [2.45, 2.75) is 131 Å². The Morgan fingerprint density at radius 2 is 1.51 bits per heavy atom. The molecule has 0 aromatic rings. The van der Waals surface area contributed by atoms with Crippen molar-refractivity contribution in [3.05, 3.63) is 0 Å². The van der Waals surface area contributed by atoms with Crippen LogP contribution in [0.15, 0.2) is 0 Å². The molecular weight excluding hydrogens is 464 g/mol. The monoisotopic (exact) mass is 516 g/mol. The molecule has 2 N–H and O–H groups in total. The molecule has 5 heteroatoms. The first-order valence-corrected chi connectivity index (χ1v) is 15.1. The van der Waals surface area contributed by atoms with Crippen molar-refractivity contribution in [3.63, 3.8) is 0 Å². The zero-order chi connectivity index (χ0) is 27.4. The molecule has 5 saturated carbocycles. The Morgan fingerprint density at radius 1 is 0.865 bits per heavy atom. The normalized spacial score (nSPS) is 50.7. The lowest BCUT2D eigenvalue weighted by molar-refractivity contribution is -0.274. The summed E-state index contributed by atoms with van der Waals surface area (Å²) in [4.78, 5) is 26.0. The van der Waals surface area contributed by atoms with Gasteiger partial charge in [-0.2, -0.15) is 0 Å². The Kier molecular flexibility index (Phi) is 6.09. The molecule has 5 nitrogen and oxygen atoms in total. The van der Waals surface area contributed by atoms with Crippen LogP contribution in [0.4, 0.5) is 0 Å². The highest BCUT2D eigenvalue weighted by Crippen LogP contribution is 2.78. The van der Waals surface area contributed by atoms with Crippen LogP contribution in [0.2, 0.25) is 0 Å². The number of hydrogen-bond donors (Lipinski definition) is 2. The van der Waals surface area contributed by atoms with Crippen LogP contribution in [0.1, 0.15) is 120 Å². The van der Waals surface area contributed by atoms with Crippen LogP contribution in [-0.4, -0.2) is 33.9 Å². The molecule has 0 unspecified atom stereocenters. The average Bonchev–Trinajstić information content (AvgIpc) is 3.10. The molecule has 0 aliphatic heterocycles. The molecule has 10 atom stereocenters. The lowest BCUT2D eigenvalue weighted by Gasteiger charge is -2.73. The molecule has 0 aromatic heterocycles. The molecule has 210 valence electrons. The highest BCUT2D eigenvalue weighted by atomic mass is 16.5. The summed E-state index contributed by atoms with van der Waals surface area (Å²) in [6, 6.07) is 0. The number of rotatable bonds is 3. The summed E-state index contributed by atoms with van der Waals surface area (Å²) in [6.45, 7) is 17.2. The van der Waals surface area contributed by atoms with Crippen LogP contribution in [0.5, 0.6) is 0 Å². The maximum Gasteiger partial charge on any atom is 0.310 e. The fourth-order valence-electron chi connectivity index (χ4n) is 12.4. The van der Waals surface area contributed by atoms with Crippen LogP contribution in [0, 0.1) is 56.7 Å². The molecule has 0 aromatic carbocycles. The SMILES string of the molecule is CC(=O)O[C@H]1C[C@]2(C)[C@H](CC[C@@H]3[C@@]4(C)CC[C@H](C(C)(C)O)[C@@H]4CC[C@]32C)[C@@]2(C(=O)O)CCCC(C)(C)[C@H]12. The molecule has 5 fully saturated rings. The summed E-state index contributed by atoms with van der Waals surface area (Å²) in [5.41, 5.74) is -1.81. The van der Waals surface area contributed by atoms with E-state index in [1.807, 2.05) is 13.8 Å². The lowest BCUT2D eigenvalue weighted by Crippen LogP contribution is -2.71. The second-order valence-corrected chi connectivity index (χ2v) is 16.0. The fraction of sp³-hybridized carbons (Fsp3) is 0.938. The van der Waals surface area contributed by atoms with Gasteiger partial charge in [-0.3, -0.25) is 9.59 Å². The van der Waals surface area contributed by atoms with Gasteiger partial charge in [-0.15, -0.1) is 0 Å². The van der Waals surface area contributed by atoms with E-state index in [9.17, 15) is 19.8 Å². The van der Waals surface area contributed by atoms with E-state index < -0.39 is 17.0 Å². The number of carboxylic acids is 1. The first-order valence-electron chi connectivity index (χ1n) is 15.1. The molecule has 0 bridgehead atoms. The molecule has 0 heterocycles. The van der Waals surface area contributed by atoms with E-state index >= 15 is 0 Å². The maximum absolute atomic E-state index is 13.5. The van der Waals surface area contributed by atoms with Crippen molar-refractivity contribution in [2.75, 3.05) is 0 Å². The molecule has 0 radical (unpaired) electrons. The lowest BCUT2D eigenvalue weighted by atomic mass is 9.31. The average molecular weight is 517 g/mol. The topological polar surface area (TPSA) is 83.8 Å². The minimum Gasteiger partial charge on any atom is -0.481 e. The molecule has 5 aliphatic carbocycles. The van der Waals surface area contributed by atoms with Crippen molar-refractivity contribution < 1.29 is 24.5 Å². The standard InChI is InChI=1S/C32H52O5/c1-19(33)37-22-18-31(8)24(32(26(34)35)15-9-14-27(2,3)25(22)32)11-10-23-29(6)16-12-20(28(4,5)36)21(29)13-17-30(23,31)7/h20-25,36H,9-18H2,1-8H3,(H,34,35)/t20-,21-,22-,23+,24-,25-,29-,30+,31+,32-/m0/s1. The third kappa shape index (κ3) is 3.50. The second-order valence-electron chi connectivity index (χ2n) is 16.0. The maximum atomic E-state index is 13.5. The molecule has 0 amide bonds. The van der Waals surface area contributed by atoms with Gasteiger partial charge in [0.25, 0.3) is 0 Å². The quantitative estimate of drug-likeness (QED) is 0.401. The van der Waals surface area contributed by atoms with Crippen molar-refractivity contribution in [1.82, 2.24) is 0 Å². The number of carbonyl (C=O) groups excluding carboxylic acids is 1. The predicted octanol–water partition coefficient (Wildman–Crippen LogP) is 6.86. The molecule has 37 heavy (non-hydrogen) atoms.